The fraction of sp³-hybridized carbons (Fsp3) is 0.0667. The number of benzene rings is 2. The minimum absolute atomic E-state index is 0.352. The van der Waals surface area contributed by atoms with Crippen LogP contribution in [0.3, 0.4) is 0 Å². The Morgan fingerprint density at radius 3 is 2.41 bits per heavy atom. The summed E-state index contributed by atoms with van der Waals surface area (Å²) in [5.41, 5.74) is 0.617. The zero-order chi connectivity index (χ0) is 16.3. The van der Waals surface area contributed by atoms with E-state index in [1.165, 1.54) is 12.1 Å². The van der Waals surface area contributed by atoms with Crippen molar-refractivity contribution >= 4 is 5.97 Å². The molecule has 22 heavy (non-hydrogen) atoms. The molecule has 2 aromatic rings. The molecule has 0 radical (unpaired) electrons. The fourth-order valence-corrected chi connectivity index (χ4v) is 1.86. The zero-order valence-corrected chi connectivity index (χ0v) is 10.9. The van der Waals surface area contributed by atoms with E-state index in [1.807, 2.05) is 6.07 Å². The Bertz CT molecular complexity index is 763. The highest BCUT2D eigenvalue weighted by Gasteiger charge is 2.33. The Balaban J connectivity index is 2.50. The molecule has 0 heterocycles. The number of hydrogen-bond donors (Lipinski definition) is 1. The molecule has 0 atom stereocenters. The molecule has 0 saturated heterocycles. The van der Waals surface area contributed by atoms with Crippen molar-refractivity contribution in [2.45, 2.75) is 6.36 Å². The minimum atomic E-state index is -4.98. The maximum atomic E-state index is 12.3. The van der Waals surface area contributed by atoms with E-state index in [-0.39, 0.29) is 0 Å². The lowest BCUT2D eigenvalue weighted by Gasteiger charge is -2.12. The lowest BCUT2D eigenvalue weighted by Crippen LogP contribution is -2.19. The predicted molar refractivity (Wildman–Crippen MR) is 70.2 cm³/mol. The van der Waals surface area contributed by atoms with Crippen molar-refractivity contribution in [3.05, 3.63) is 53.6 Å². The maximum absolute atomic E-state index is 12.3. The van der Waals surface area contributed by atoms with Gasteiger partial charge in [0.15, 0.2) is 0 Å². The van der Waals surface area contributed by atoms with Crippen LogP contribution in [0.1, 0.15) is 15.9 Å². The van der Waals surface area contributed by atoms with Crippen LogP contribution in [-0.4, -0.2) is 17.4 Å². The second-order valence-electron chi connectivity index (χ2n) is 4.26. The third-order valence-electron chi connectivity index (χ3n) is 2.76. The molecule has 0 unspecified atom stereocenters. The maximum Gasteiger partial charge on any atom is 0.573 e. The standard InChI is InChI=1S/C15H8F3NO3/c16-15(17,18)22-13-5-4-11(7-12(13)14(20)21)10-3-1-2-9(6-10)8-19/h1-7H,(H,20,21). The van der Waals surface area contributed by atoms with Crippen LogP contribution in [0.2, 0.25) is 0 Å². The van der Waals surface area contributed by atoms with Crippen LogP contribution in [0.5, 0.6) is 5.75 Å². The van der Waals surface area contributed by atoms with Gasteiger partial charge in [-0.15, -0.1) is 13.2 Å². The van der Waals surface area contributed by atoms with Gasteiger partial charge >= 0.3 is 12.3 Å². The Hall–Kier alpha value is -3.01. The van der Waals surface area contributed by atoms with E-state index in [9.17, 15) is 18.0 Å². The summed E-state index contributed by atoms with van der Waals surface area (Å²) in [5.74, 6) is -2.34. The van der Waals surface area contributed by atoms with Gasteiger partial charge in [-0.05, 0) is 35.4 Å². The minimum Gasteiger partial charge on any atom is -0.478 e. The average molecular weight is 307 g/mol. The van der Waals surface area contributed by atoms with Gasteiger partial charge in [0.25, 0.3) is 0 Å². The number of halogens is 3. The topological polar surface area (TPSA) is 70.3 Å². The molecular weight excluding hydrogens is 299 g/mol. The molecule has 4 nitrogen and oxygen atoms in total. The number of hydrogen-bond acceptors (Lipinski definition) is 3. The first-order valence-electron chi connectivity index (χ1n) is 5.94. The van der Waals surface area contributed by atoms with Crippen LogP contribution in [-0.2, 0) is 0 Å². The SMILES string of the molecule is N#Cc1cccc(-c2ccc(OC(F)(F)F)c(C(=O)O)c2)c1. The number of aromatic carboxylic acids is 1. The highest BCUT2D eigenvalue weighted by molar-refractivity contribution is 5.92. The van der Waals surface area contributed by atoms with E-state index < -0.39 is 23.6 Å². The number of nitriles is 1. The molecule has 1 N–H and O–H groups in total. The average Bonchev–Trinajstić information content (AvgIpc) is 2.46. The Kier molecular flexibility index (Phi) is 4.04. The van der Waals surface area contributed by atoms with Gasteiger partial charge in [0, 0.05) is 0 Å². The summed E-state index contributed by atoms with van der Waals surface area (Å²) in [6, 6.07) is 11.5. The summed E-state index contributed by atoms with van der Waals surface area (Å²) < 4.78 is 40.5. The molecule has 0 amide bonds. The van der Waals surface area contributed by atoms with E-state index in [1.54, 1.807) is 18.2 Å². The van der Waals surface area contributed by atoms with Gasteiger partial charge in [-0.25, -0.2) is 4.79 Å². The molecule has 0 spiro atoms. The summed E-state index contributed by atoms with van der Waals surface area (Å²) in [6.45, 7) is 0. The van der Waals surface area contributed by atoms with Crippen molar-refractivity contribution in [2.24, 2.45) is 0 Å². The van der Waals surface area contributed by atoms with Crippen molar-refractivity contribution in [3.63, 3.8) is 0 Å². The Labute approximate surface area is 123 Å². The molecule has 0 aromatic heterocycles. The third kappa shape index (κ3) is 3.55. The summed E-state index contributed by atoms with van der Waals surface area (Å²) in [4.78, 5) is 11.1. The third-order valence-corrected chi connectivity index (χ3v) is 2.76. The van der Waals surface area contributed by atoms with Crippen LogP contribution in [0.25, 0.3) is 11.1 Å². The number of carboxylic acids is 1. The van der Waals surface area contributed by atoms with E-state index in [2.05, 4.69) is 4.74 Å². The van der Waals surface area contributed by atoms with Gasteiger partial charge in [0.2, 0.25) is 0 Å². The molecule has 7 heteroatoms. The van der Waals surface area contributed by atoms with E-state index in [0.717, 1.165) is 12.1 Å². The summed E-state index contributed by atoms with van der Waals surface area (Å²) in [5, 5.41) is 17.9. The molecule has 0 saturated carbocycles. The van der Waals surface area contributed by atoms with Crippen molar-refractivity contribution in [2.75, 3.05) is 0 Å². The molecule has 0 aliphatic carbocycles. The molecule has 0 bridgehead atoms. The van der Waals surface area contributed by atoms with Crippen LogP contribution >= 0.6 is 0 Å². The quantitative estimate of drug-likeness (QED) is 0.935. The normalized spacial score (nSPS) is 10.8. The van der Waals surface area contributed by atoms with Gasteiger partial charge in [0.1, 0.15) is 11.3 Å². The van der Waals surface area contributed by atoms with Crippen LogP contribution in [0.4, 0.5) is 13.2 Å². The van der Waals surface area contributed by atoms with Gasteiger partial charge in [-0.1, -0.05) is 18.2 Å². The number of nitrogens with zero attached hydrogens (tertiary/aromatic N) is 1. The lowest BCUT2D eigenvalue weighted by molar-refractivity contribution is -0.274. The Morgan fingerprint density at radius 1 is 1.14 bits per heavy atom. The first kappa shape index (κ1) is 15.4. The molecular formula is C15H8F3NO3. The predicted octanol–water partition coefficient (Wildman–Crippen LogP) is 3.82. The van der Waals surface area contributed by atoms with Gasteiger partial charge < -0.3 is 9.84 Å². The molecule has 2 rings (SSSR count). The first-order valence-corrected chi connectivity index (χ1v) is 5.94. The first-order chi connectivity index (χ1) is 10.3. The molecule has 112 valence electrons. The molecule has 2 aromatic carbocycles. The van der Waals surface area contributed by atoms with E-state index >= 15 is 0 Å². The Morgan fingerprint density at radius 2 is 1.82 bits per heavy atom. The summed E-state index contributed by atoms with van der Waals surface area (Å²) in [7, 11) is 0. The number of alkyl halides is 3. The van der Waals surface area contributed by atoms with Crippen LogP contribution < -0.4 is 4.74 Å². The van der Waals surface area contributed by atoms with Crippen LogP contribution in [0.15, 0.2) is 42.5 Å². The van der Waals surface area contributed by atoms with Crippen molar-refractivity contribution in [3.8, 4) is 22.9 Å². The highest BCUT2D eigenvalue weighted by atomic mass is 19.4. The van der Waals surface area contributed by atoms with Crippen molar-refractivity contribution < 1.29 is 27.8 Å². The second-order valence-corrected chi connectivity index (χ2v) is 4.26. The largest absolute Gasteiger partial charge is 0.573 e. The monoisotopic (exact) mass is 307 g/mol. The zero-order valence-electron chi connectivity index (χ0n) is 10.9. The smallest absolute Gasteiger partial charge is 0.478 e. The van der Waals surface area contributed by atoms with Crippen molar-refractivity contribution in [1.82, 2.24) is 0 Å². The number of rotatable bonds is 3. The number of ether oxygens (including phenoxy) is 1. The lowest BCUT2D eigenvalue weighted by atomic mass is 10.0. The molecule has 0 aliphatic heterocycles. The van der Waals surface area contributed by atoms with E-state index in [0.29, 0.717) is 16.7 Å². The highest BCUT2D eigenvalue weighted by Crippen LogP contribution is 2.31. The van der Waals surface area contributed by atoms with Crippen molar-refractivity contribution in [1.29, 1.82) is 5.26 Å². The van der Waals surface area contributed by atoms with Crippen LogP contribution in [0, 0.1) is 11.3 Å². The summed E-state index contributed by atoms with van der Waals surface area (Å²) in [6.07, 6.45) is -4.98. The fourth-order valence-electron chi connectivity index (χ4n) is 1.86. The van der Waals surface area contributed by atoms with Gasteiger partial charge in [-0.2, -0.15) is 5.26 Å². The summed E-state index contributed by atoms with van der Waals surface area (Å²) >= 11 is 0. The molecule has 0 aliphatic rings. The number of carboxylic acid groups (broad SMARTS) is 1. The van der Waals surface area contributed by atoms with Gasteiger partial charge in [0.05, 0.1) is 11.6 Å². The number of carbonyl (C=O) groups is 1. The van der Waals surface area contributed by atoms with Gasteiger partial charge in [-0.3, -0.25) is 0 Å². The van der Waals surface area contributed by atoms with E-state index in [4.69, 9.17) is 10.4 Å². The second kappa shape index (κ2) is 5.77. The molecule has 0 fully saturated rings.